The lowest BCUT2D eigenvalue weighted by Gasteiger charge is -2.14. The van der Waals surface area contributed by atoms with Crippen LogP contribution >= 0.6 is 0 Å². The molecule has 100 valence electrons. The molecule has 1 aromatic carbocycles. The fourth-order valence-corrected chi connectivity index (χ4v) is 1.71. The van der Waals surface area contributed by atoms with Gasteiger partial charge in [0.1, 0.15) is 0 Å². The Bertz CT molecular complexity index is 404. The molecule has 1 amide bonds. The number of hydrogen-bond acceptors (Lipinski definition) is 3. The first-order valence-electron chi connectivity index (χ1n) is 6.33. The zero-order valence-corrected chi connectivity index (χ0v) is 11.7. The number of aryl methyl sites for hydroxylation is 1. The Labute approximate surface area is 109 Å². The monoisotopic (exact) mass is 249 g/mol. The van der Waals surface area contributed by atoms with Gasteiger partial charge in [-0.3, -0.25) is 4.79 Å². The number of nitrogens with one attached hydrogen (secondary N) is 2. The van der Waals surface area contributed by atoms with Gasteiger partial charge in [-0.25, -0.2) is 0 Å². The minimum atomic E-state index is -0.00902. The molecular weight excluding hydrogens is 226 g/mol. The summed E-state index contributed by atoms with van der Waals surface area (Å²) in [4.78, 5) is 14.1. The Hall–Kier alpha value is -1.55. The summed E-state index contributed by atoms with van der Waals surface area (Å²) in [6.45, 7) is 6.63. The van der Waals surface area contributed by atoms with E-state index in [1.165, 1.54) is 0 Å². The molecule has 0 saturated carbocycles. The number of hydrogen-bond donors (Lipinski definition) is 2. The largest absolute Gasteiger partial charge is 0.388 e. The van der Waals surface area contributed by atoms with Gasteiger partial charge in [-0.1, -0.05) is 6.92 Å². The quantitative estimate of drug-likeness (QED) is 0.807. The van der Waals surface area contributed by atoms with Crippen molar-refractivity contribution in [1.82, 2.24) is 10.2 Å². The van der Waals surface area contributed by atoms with Crippen molar-refractivity contribution in [3.8, 4) is 0 Å². The molecule has 1 rings (SSSR count). The zero-order chi connectivity index (χ0) is 13.5. The van der Waals surface area contributed by atoms with Crippen LogP contribution < -0.4 is 10.6 Å². The molecule has 2 N–H and O–H groups in total. The number of rotatable bonds is 6. The lowest BCUT2D eigenvalue weighted by atomic mass is 10.1. The van der Waals surface area contributed by atoms with E-state index in [2.05, 4.69) is 22.5 Å². The number of carbonyl (C=O) groups excluding carboxylic acids is 1. The third-order valence-electron chi connectivity index (χ3n) is 3.08. The summed E-state index contributed by atoms with van der Waals surface area (Å²) in [5.41, 5.74) is 2.85. The molecule has 4 nitrogen and oxygen atoms in total. The molecule has 0 aliphatic heterocycles. The summed E-state index contributed by atoms with van der Waals surface area (Å²) in [6, 6.07) is 5.69. The second kappa shape index (κ2) is 7.01. The van der Waals surface area contributed by atoms with Crippen LogP contribution in [0, 0.1) is 6.92 Å². The van der Waals surface area contributed by atoms with Gasteiger partial charge in [-0.05, 0) is 44.3 Å². The molecule has 0 bridgehead atoms. The van der Waals surface area contributed by atoms with Crippen LogP contribution in [0.3, 0.4) is 0 Å². The van der Waals surface area contributed by atoms with Gasteiger partial charge in [0.2, 0.25) is 0 Å². The van der Waals surface area contributed by atoms with Gasteiger partial charge < -0.3 is 15.5 Å². The average Bonchev–Trinajstić information content (AvgIpc) is 2.38. The summed E-state index contributed by atoms with van der Waals surface area (Å²) in [5, 5.41) is 6.02. The SMILES string of the molecule is CCN(C)CCNC(=O)c1ccc(NC)c(C)c1. The van der Waals surface area contributed by atoms with Crippen LogP contribution in [-0.2, 0) is 0 Å². The van der Waals surface area contributed by atoms with Crippen molar-refractivity contribution in [3.63, 3.8) is 0 Å². The van der Waals surface area contributed by atoms with Crippen molar-refractivity contribution in [3.05, 3.63) is 29.3 Å². The summed E-state index contributed by atoms with van der Waals surface area (Å²) >= 11 is 0. The van der Waals surface area contributed by atoms with E-state index in [1.807, 2.05) is 39.2 Å². The topological polar surface area (TPSA) is 44.4 Å². The Kier molecular flexibility index (Phi) is 5.65. The van der Waals surface area contributed by atoms with Gasteiger partial charge in [0.05, 0.1) is 0 Å². The first-order chi connectivity index (χ1) is 8.58. The maximum atomic E-state index is 11.9. The number of anilines is 1. The standard InChI is InChI=1S/C14H23N3O/c1-5-17(4)9-8-16-14(18)12-6-7-13(15-3)11(2)10-12/h6-7,10,15H,5,8-9H2,1-4H3,(H,16,18). The molecule has 0 aromatic heterocycles. The maximum absolute atomic E-state index is 11.9. The fraction of sp³-hybridized carbons (Fsp3) is 0.500. The predicted octanol–water partition coefficient (Wildman–Crippen LogP) is 1.72. The molecule has 0 heterocycles. The van der Waals surface area contributed by atoms with Gasteiger partial charge in [-0.2, -0.15) is 0 Å². The van der Waals surface area contributed by atoms with Gasteiger partial charge >= 0.3 is 0 Å². The van der Waals surface area contributed by atoms with Crippen LogP contribution in [0.5, 0.6) is 0 Å². The third-order valence-corrected chi connectivity index (χ3v) is 3.08. The molecule has 0 saturated heterocycles. The predicted molar refractivity (Wildman–Crippen MR) is 76.2 cm³/mol. The van der Waals surface area contributed by atoms with E-state index in [9.17, 15) is 4.79 Å². The highest BCUT2D eigenvalue weighted by Crippen LogP contribution is 2.15. The second-order valence-corrected chi connectivity index (χ2v) is 4.43. The first kappa shape index (κ1) is 14.5. The Morgan fingerprint density at radius 2 is 2.11 bits per heavy atom. The lowest BCUT2D eigenvalue weighted by Crippen LogP contribution is -2.32. The Balaban J connectivity index is 2.54. The van der Waals surface area contributed by atoms with Gasteiger partial charge in [0.15, 0.2) is 0 Å². The Morgan fingerprint density at radius 1 is 1.39 bits per heavy atom. The molecule has 1 aromatic rings. The van der Waals surface area contributed by atoms with Crippen LogP contribution in [-0.4, -0.2) is 44.5 Å². The van der Waals surface area contributed by atoms with E-state index in [-0.39, 0.29) is 5.91 Å². The number of carbonyl (C=O) groups is 1. The number of benzene rings is 1. The van der Waals surface area contributed by atoms with Gasteiger partial charge in [0.25, 0.3) is 5.91 Å². The van der Waals surface area contributed by atoms with E-state index in [1.54, 1.807) is 0 Å². The molecule has 0 fully saturated rings. The van der Waals surface area contributed by atoms with E-state index >= 15 is 0 Å². The zero-order valence-electron chi connectivity index (χ0n) is 11.7. The van der Waals surface area contributed by atoms with Gasteiger partial charge in [-0.15, -0.1) is 0 Å². The highest BCUT2D eigenvalue weighted by Gasteiger charge is 2.06. The molecule has 0 atom stereocenters. The summed E-state index contributed by atoms with van der Waals surface area (Å²) in [5.74, 6) is -0.00902. The smallest absolute Gasteiger partial charge is 0.251 e. The molecule has 0 unspecified atom stereocenters. The van der Waals surface area contributed by atoms with E-state index in [0.717, 1.165) is 24.3 Å². The van der Waals surface area contributed by atoms with Crippen molar-refractivity contribution in [2.75, 3.05) is 39.0 Å². The van der Waals surface area contributed by atoms with E-state index in [4.69, 9.17) is 0 Å². The van der Waals surface area contributed by atoms with E-state index < -0.39 is 0 Å². The summed E-state index contributed by atoms with van der Waals surface area (Å²) in [7, 11) is 3.92. The maximum Gasteiger partial charge on any atom is 0.251 e. The van der Waals surface area contributed by atoms with Crippen LogP contribution in [0.1, 0.15) is 22.8 Å². The van der Waals surface area contributed by atoms with Crippen molar-refractivity contribution >= 4 is 11.6 Å². The molecule has 0 aliphatic carbocycles. The Morgan fingerprint density at radius 3 is 2.67 bits per heavy atom. The highest BCUT2D eigenvalue weighted by atomic mass is 16.1. The molecule has 0 radical (unpaired) electrons. The highest BCUT2D eigenvalue weighted by molar-refractivity contribution is 5.94. The van der Waals surface area contributed by atoms with Crippen molar-refractivity contribution in [2.45, 2.75) is 13.8 Å². The number of amides is 1. The molecular formula is C14H23N3O. The molecule has 18 heavy (non-hydrogen) atoms. The van der Waals surface area contributed by atoms with Crippen LogP contribution in [0.25, 0.3) is 0 Å². The molecule has 0 aliphatic rings. The number of likely N-dealkylation sites (N-methyl/N-ethyl adjacent to an activating group) is 1. The average molecular weight is 249 g/mol. The second-order valence-electron chi connectivity index (χ2n) is 4.43. The van der Waals surface area contributed by atoms with Crippen molar-refractivity contribution < 1.29 is 4.79 Å². The third kappa shape index (κ3) is 4.04. The van der Waals surface area contributed by atoms with E-state index in [0.29, 0.717) is 12.1 Å². The fourth-order valence-electron chi connectivity index (χ4n) is 1.71. The summed E-state index contributed by atoms with van der Waals surface area (Å²) < 4.78 is 0. The van der Waals surface area contributed by atoms with Gasteiger partial charge in [0, 0.05) is 31.4 Å². The van der Waals surface area contributed by atoms with Crippen molar-refractivity contribution in [1.29, 1.82) is 0 Å². The lowest BCUT2D eigenvalue weighted by molar-refractivity contribution is 0.0950. The van der Waals surface area contributed by atoms with Crippen LogP contribution in [0.4, 0.5) is 5.69 Å². The first-order valence-corrected chi connectivity index (χ1v) is 6.33. The molecule has 0 spiro atoms. The van der Waals surface area contributed by atoms with Crippen LogP contribution in [0.15, 0.2) is 18.2 Å². The number of nitrogens with zero attached hydrogens (tertiary/aromatic N) is 1. The van der Waals surface area contributed by atoms with Crippen LogP contribution in [0.2, 0.25) is 0 Å². The normalized spacial score (nSPS) is 10.5. The minimum absolute atomic E-state index is 0.00902. The van der Waals surface area contributed by atoms with Crippen molar-refractivity contribution in [2.24, 2.45) is 0 Å². The minimum Gasteiger partial charge on any atom is -0.388 e. The molecule has 4 heteroatoms. The summed E-state index contributed by atoms with van der Waals surface area (Å²) in [6.07, 6.45) is 0.